The minimum absolute atomic E-state index is 0.163. The predicted molar refractivity (Wildman–Crippen MR) is 81.3 cm³/mol. The maximum absolute atomic E-state index is 14.1. The molecule has 0 aliphatic carbocycles. The summed E-state index contributed by atoms with van der Waals surface area (Å²) < 4.78 is 14.4. The number of benzene rings is 1. The summed E-state index contributed by atoms with van der Waals surface area (Å²) in [5, 5.41) is 3.12. The summed E-state index contributed by atoms with van der Waals surface area (Å²) in [7, 11) is 1.91. The topological polar surface area (TPSA) is 32.3 Å². The van der Waals surface area contributed by atoms with Crippen LogP contribution in [0.2, 0.25) is 0 Å². The molecule has 5 heteroatoms. The molecule has 0 saturated carbocycles. The lowest BCUT2D eigenvalue weighted by atomic mass is 9.98. The van der Waals surface area contributed by atoms with Gasteiger partial charge in [0.2, 0.25) is 0 Å². The summed E-state index contributed by atoms with van der Waals surface area (Å²) in [6.07, 6.45) is 4.05. The molecule has 2 rings (SSSR count). The van der Waals surface area contributed by atoms with Crippen molar-refractivity contribution in [3.8, 4) is 0 Å². The van der Waals surface area contributed by atoms with Gasteiger partial charge in [-0.15, -0.1) is 0 Å². The van der Waals surface area contributed by atoms with Crippen molar-refractivity contribution in [1.82, 2.24) is 10.2 Å². The Hall–Kier alpha value is -0.940. The van der Waals surface area contributed by atoms with Gasteiger partial charge in [-0.3, -0.25) is 4.79 Å². The zero-order valence-corrected chi connectivity index (χ0v) is 13.2. The van der Waals surface area contributed by atoms with E-state index in [0.29, 0.717) is 4.47 Å². The fourth-order valence-electron chi connectivity index (χ4n) is 2.70. The largest absolute Gasteiger partial charge is 0.336 e. The lowest BCUT2D eigenvalue weighted by Crippen LogP contribution is -2.45. The van der Waals surface area contributed by atoms with E-state index in [4.69, 9.17) is 0 Å². The van der Waals surface area contributed by atoms with Crippen molar-refractivity contribution in [1.29, 1.82) is 0 Å². The number of nitrogens with one attached hydrogen (secondary N) is 1. The quantitative estimate of drug-likeness (QED) is 0.911. The van der Waals surface area contributed by atoms with Crippen LogP contribution in [0.25, 0.3) is 0 Å². The molecule has 1 aromatic carbocycles. The lowest BCUT2D eigenvalue weighted by Gasteiger charge is -2.36. The van der Waals surface area contributed by atoms with Gasteiger partial charge >= 0.3 is 0 Å². The van der Waals surface area contributed by atoms with E-state index in [0.717, 1.165) is 38.8 Å². The minimum Gasteiger partial charge on any atom is -0.336 e. The molecule has 1 aliphatic heterocycles. The zero-order chi connectivity index (χ0) is 14.5. The Labute approximate surface area is 127 Å². The van der Waals surface area contributed by atoms with Crippen LogP contribution in [0.4, 0.5) is 4.39 Å². The molecule has 1 N–H and O–H groups in total. The third-order valence-corrected chi connectivity index (χ3v) is 4.41. The number of hydrogen-bond donors (Lipinski definition) is 1. The van der Waals surface area contributed by atoms with Crippen LogP contribution in [0.3, 0.4) is 0 Å². The summed E-state index contributed by atoms with van der Waals surface area (Å²) in [5.74, 6) is -0.653. The number of piperidine rings is 1. The van der Waals surface area contributed by atoms with Gasteiger partial charge in [-0.25, -0.2) is 4.39 Å². The number of carbonyl (C=O) groups excluding carboxylic acids is 1. The van der Waals surface area contributed by atoms with E-state index >= 15 is 0 Å². The fourth-order valence-corrected chi connectivity index (χ4v) is 3.07. The Morgan fingerprint density at radius 3 is 3.05 bits per heavy atom. The third kappa shape index (κ3) is 3.38. The fraction of sp³-hybridized carbons (Fsp3) is 0.533. The molecule has 1 aromatic rings. The second kappa shape index (κ2) is 7.18. The van der Waals surface area contributed by atoms with Crippen molar-refractivity contribution in [2.75, 3.05) is 20.1 Å². The second-order valence-corrected chi connectivity index (χ2v) is 6.00. The Kier molecular flexibility index (Phi) is 5.54. The summed E-state index contributed by atoms with van der Waals surface area (Å²) in [6, 6.07) is 5.09. The number of amides is 1. The van der Waals surface area contributed by atoms with E-state index in [1.54, 1.807) is 18.2 Å². The van der Waals surface area contributed by atoms with Crippen molar-refractivity contribution >= 4 is 21.8 Å². The summed E-state index contributed by atoms with van der Waals surface area (Å²) in [6.45, 7) is 1.59. The van der Waals surface area contributed by atoms with Crippen molar-refractivity contribution in [2.24, 2.45) is 0 Å². The molecule has 0 aromatic heterocycles. The molecular formula is C15H20BrFN2O. The third-order valence-electron chi connectivity index (χ3n) is 3.80. The molecule has 110 valence electrons. The number of carbonyl (C=O) groups is 1. The van der Waals surface area contributed by atoms with Gasteiger partial charge < -0.3 is 10.2 Å². The number of hydrogen-bond acceptors (Lipinski definition) is 2. The van der Waals surface area contributed by atoms with Crippen LogP contribution in [-0.2, 0) is 0 Å². The minimum atomic E-state index is -0.463. The Balaban J connectivity index is 2.18. The lowest BCUT2D eigenvalue weighted by molar-refractivity contribution is 0.0597. The predicted octanol–water partition coefficient (Wildman–Crippen LogP) is 3.19. The highest BCUT2D eigenvalue weighted by molar-refractivity contribution is 9.10. The van der Waals surface area contributed by atoms with Gasteiger partial charge in [-0.1, -0.05) is 6.07 Å². The van der Waals surface area contributed by atoms with Gasteiger partial charge in [-0.05, 0) is 67.3 Å². The van der Waals surface area contributed by atoms with E-state index in [-0.39, 0.29) is 17.5 Å². The molecular weight excluding hydrogens is 323 g/mol. The van der Waals surface area contributed by atoms with Crippen LogP contribution in [0.1, 0.15) is 36.0 Å². The van der Waals surface area contributed by atoms with Gasteiger partial charge in [0.15, 0.2) is 0 Å². The van der Waals surface area contributed by atoms with Crippen molar-refractivity contribution in [3.63, 3.8) is 0 Å². The Bertz CT molecular complexity index is 481. The van der Waals surface area contributed by atoms with Crippen LogP contribution in [0.15, 0.2) is 22.7 Å². The zero-order valence-electron chi connectivity index (χ0n) is 11.7. The highest BCUT2D eigenvalue weighted by Gasteiger charge is 2.28. The maximum atomic E-state index is 14.1. The molecule has 1 unspecified atom stereocenters. The molecule has 3 nitrogen and oxygen atoms in total. The van der Waals surface area contributed by atoms with Gasteiger partial charge in [0.25, 0.3) is 5.91 Å². The van der Waals surface area contributed by atoms with E-state index in [1.807, 2.05) is 11.9 Å². The van der Waals surface area contributed by atoms with Crippen LogP contribution in [0.5, 0.6) is 0 Å². The molecule has 20 heavy (non-hydrogen) atoms. The van der Waals surface area contributed by atoms with Crippen LogP contribution in [0, 0.1) is 5.82 Å². The molecule has 1 saturated heterocycles. The number of likely N-dealkylation sites (tertiary alicyclic amines) is 1. The van der Waals surface area contributed by atoms with E-state index < -0.39 is 5.82 Å². The molecule has 1 amide bonds. The Morgan fingerprint density at radius 2 is 2.30 bits per heavy atom. The smallest absolute Gasteiger partial charge is 0.257 e. The number of nitrogens with zero attached hydrogens (tertiary/aromatic N) is 1. The first kappa shape index (κ1) is 15.4. The summed E-state index contributed by atoms with van der Waals surface area (Å²) >= 11 is 3.14. The molecule has 1 atom stereocenters. The van der Waals surface area contributed by atoms with Crippen molar-refractivity contribution < 1.29 is 9.18 Å². The monoisotopic (exact) mass is 342 g/mol. The van der Waals surface area contributed by atoms with Crippen LogP contribution < -0.4 is 5.32 Å². The normalized spacial score (nSPS) is 19.1. The first-order valence-electron chi connectivity index (χ1n) is 7.04. The molecule has 1 fully saturated rings. The first-order chi connectivity index (χ1) is 9.65. The molecule has 0 spiro atoms. The number of halogens is 2. The SMILES string of the molecule is CNCCC1CCCCN1C(=O)c1cccc(Br)c1F. The molecule has 0 bridgehead atoms. The van der Waals surface area contributed by atoms with Gasteiger partial charge in [0.1, 0.15) is 5.82 Å². The van der Waals surface area contributed by atoms with Crippen molar-refractivity contribution in [3.05, 3.63) is 34.1 Å². The van der Waals surface area contributed by atoms with Gasteiger partial charge in [0.05, 0.1) is 10.0 Å². The molecule has 1 heterocycles. The van der Waals surface area contributed by atoms with E-state index in [2.05, 4.69) is 21.2 Å². The van der Waals surface area contributed by atoms with Crippen molar-refractivity contribution in [2.45, 2.75) is 31.7 Å². The second-order valence-electron chi connectivity index (χ2n) is 5.14. The summed E-state index contributed by atoms with van der Waals surface area (Å²) in [5.41, 5.74) is 0.163. The average molecular weight is 343 g/mol. The van der Waals surface area contributed by atoms with Crippen LogP contribution >= 0.6 is 15.9 Å². The Morgan fingerprint density at radius 1 is 1.50 bits per heavy atom. The van der Waals surface area contributed by atoms with E-state index in [1.165, 1.54) is 0 Å². The first-order valence-corrected chi connectivity index (χ1v) is 7.84. The highest BCUT2D eigenvalue weighted by atomic mass is 79.9. The van der Waals surface area contributed by atoms with Gasteiger partial charge in [0, 0.05) is 12.6 Å². The highest BCUT2D eigenvalue weighted by Crippen LogP contribution is 2.25. The standard InChI is InChI=1S/C15H20BrFN2O/c1-18-9-8-11-5-2-3-10-19(11)15(20)12-6-4-7-13(16)14(12)17/h4,6-7,11,18H,2-3,5,8-10H2,1H3. The van der Waals surface area contributed by atoms with Gasteiger partial charge in [-0.2, -0.15) is 0 Å². The van der Waals surface area contributed by atoms with E-state index in [9.17, 15) is 9.18 Å². The maximum Gasteiger partial charge on any atom is 0.257 e. The molecule has 1 aliphatic rings. The number of rotatable bonds is 4. The average Bonchev–Trinajstić information content (AvgIpc) is 2.47. The summed E-state index contributed by atoms with van der Waals surface area (Å²) in [4.78, 5) is 14.4. The molecule has 0 radical (unpaired) electrons. The van der Waals surface area contributed by atoms with Crippen LogP contribution in [-0.4, -0.2) is 37.0 Å².